The average molecular weight is 302 g/mol. The Morgan fingerprint density at radius 2 is 2.10 bits per heavy atom. The Morgan fingerprint density at radius 1 is 1.35 bits per heavy atom. The van der Waals surface area contributed by atoms with Crippen LogP contribution in [0.5, 0.6) is 0 Å². The van der Waals surface area contributed by atoms with Crippen LogP contribution in [0.1, 0.15) is 12.0 Å². The van der Waals surface area contributed by atoms with Crippen LogP contribution in [-0.4, -0.2) is 32.0 Å². The van der Waals surface area contributed by atoms with Crippen LogP contribution in [0.25, 0.3) is 0 Å². The van der Waals surface area contributed by atoms with Crippen molar-refractivity contribution in [2.24, 2.45) is 11.0 Å². The second-order valence-corrected chi connectivity index (χ2v) is 6.74. The van der Waals surface area contributed by atoms with E-state index in [-0.39, 0.29) is 23.5 Å². The lowest BCUT2D eigenvalue weighted by Gasteiger charge is -2.04. The number of rotatable bonds is 3. The molecule has 1 fully saturated rings. The first-order valence-corrected chi connectivity index (χ1v) is 7.68. The van der Waals surface area contributed by atoms with Gasteiger partial charge in [0.15, 0.2) is 21.5 Å². The number of benzene rings is 1. The molecule has 0 spiro atoms. The normalized spacial score (nSPS) is 21.2. The van der Waals surface area contributed by atoms with Crippen molar-refractivity contribution < 1.29 is 22.0 Å². The standard InChI is InChI=1S/C12H12F2N2O3S/c13-10-2-1-8(5-11(10)14)6-15-16-12(17)9-3-4-20(18,19)7-9/h1-2,5-6,9H,3-4,7H2,(H,16,17)/b15-6-/t9-/m0/s1. The molecule has 20 heavy (non-hydrogen) atoms. The molecule has 1 atom stereocenters. The first-order chi connectivity index (χ1) is 9.37. The SMILES string of the molecule is O=C(N/N=C\c1ccc(F)c(F)c1)[C@H]1CCS(=O)(=O)C1. The molecule has 8 heteroatoms. The summed E-state index contributed by atoms with van der Waals surface area (Å²) in [5, 5.41) is 3.60. The minimum atomic E-state index is -3.13. The van der Waals surface area contributed by atoms with Crippen LogP contribution in [0.4, 0.5) is 8.78 Å². The molecule has 2 rings (SSSR count). The predicted octanol–water partition coefficient (Wildman–Crippen LogP) is 0.850. The van der Waals surface area contributed by atoms with Gasteiger partial charge in [0.25, 0.3) is 0 Å². The largest absolute Gasteiger partial charge is 0.273 e. The third kappa shape index (κ3) is 3.60. The average Bonchev–Trinajstić information content (AvgIpc) is 2.74. The van der Waals surface area contributed by atoms with Gasteiger partial charge in [-0.05, 0) is 24.1 Å². The Hall–Kier alpha value is -1.83. The van der Waals surface area contributed by atoms with E-state index in [2.05, 4.69) is 10.5 Å². The molecule has 0 radical (unpaired) electrons. The number of hydrogen-bond acceptors (Lipinski definition) is 4. The van der Waals surface area contributed by atoms with Crippen molar-refractivity contribution in [2.45, 2.75) is 6.42 Å². The van der Waals surface area contributed by atoms with E-state index in [1.54, 1.807) is 0 Å². The number of nitrogens with zero attached hydrogens (tertiary/aromatic N) is 1. The molecular weight excluding hydrogens is 290 g/mol. The maximum absolute atomic E-state index is 12.9. The van der Waals surface area contributed by atoms with Crippen molar-refractivity contribution in [3.8, 4) is 0 Å². The van der Waals surface area contributed by atoms with Crippen molar-refractivity contribution in [1.82, 2.24) is 5.43 Å². The summed E-state index contributed by atoms with van der Waals surface area (Å²) >= 11 is 0. The fraction of sp³-hybridized carbons (Fsp3) is 0.333. The second kappa shape index (κ2) is 5.66. The highest BCUT2D eigenvalue weighted by atomic mass is 32.2. The van der Waals surface area contributed by atoms with Crippen molar-refractivity contribution in [1.29, 1.82) is 0 Å². The van der Waals surface area contributed by atoms with E-state index in [1.807, 2.05) is 0 Å². The minimum absolute atomic E-state index is 0.00201. The molecule has 1 amide bonds. The van der Waals surface area contributed by atoms with E-state index in [1.165, 1.54) is 6.07 Å². The van der Waals surface area contributed by atoms with Crippen molar-refractivity contribution in [3.05, 3.63) is 35.4 Å². The van der Waals surface area contributed by atoms with Gasteiger partial charge in [0.1, 0.15) is 0 Å². The first kappa shape index (κ1) is 14.6. The van der Waals surface area contributed by atoms with Gasteiger partial charge in [-0.2, -0.15) is 5.10 Å². The van der Waals surface area contributed by atoms with E-state index in [4.69, 9.17) is 0 Å². The number of amides is 1. The third-order valence-corrected chi connectivity index (χ3v) is 4.70. The van der Waals surface area contributed by atoms with Crippen LogP contribution in [0.15, 0.2) is 23.3 Å². The molecule has 108 valence electrons. The summed E-state index contributed by atoms with van der Waals surface area (Å²) in [6.45, 7) is 0. The lowest BCUT2D eigenvalue weighted by molar-refractivity contribution is -0.124. The molecule has 1 aliphatic heterocycles. The topological polar surface area (TPSA) is 75.6 Å². The fourth-order valence-electron chi connectivity index (χ4n) is 1.86. The Bertz CT molecular complexity index is 659. The van der Waals surface area contributed by atoms with Crippen molar-refractivity contribution >= 4 is 22.0 Å². The highest BCUT2D eigenvalue weighted by Gasteiger charge is 2.32. The molecule has 1 N–H and O–H groups in total. The number of carbonyl (C=O) groups is 1. The number of nitrogens with one attached hydrogen (secondary N) is 1. The lowest BCUT2D eigenvalue weighted by atomic mass is 10.1. The molecule has 5 nitrogen and oxygen atoms in total. The monoisotopic (exact) mass is 302 g/mol. The summed E-state index contributed by atoms with van der Waals surface area (Å²) in [4.78, 5) is 11.6. The third-order valence-electron chi connectivity index (χ3n) is 2.94. The molecule has 0 saturated carbocycles. The van der Waals surface area contributed by atoms with Gasteiger partial charge in [-0.15, -0.1) is 0 Å². The van der Waals surface area contributed by atoms with Gasteiger partial charge in [0, 0.05) is 0 Å². The summed E-state index contributed by atoms with van der Waals surface area (Å²) in [6.07, 6.45) is 1.43. The van der Waals surface area contributed by atoms with Crippen LogP contribution in [0.3, 0.4) is 0 Å². The second-order valence-electron chi connectivity index (χ2n) is 4.51. The molecular formula is C12H12F2N2O3S. The zero-order chi connectivity index (χ0) is 14.8. The molecule has 1 aromatic rings. The number of sulfone groups is 1. The van der Waals surface area contributed by atoms with Gasteiger partial charge in [-0.3, -0.25) is 4.79 Å². The highest BCUT2D eigenvalue weighted by Crippen LogP contribution is 2.18. The quantitative estimate of drug-likeness (QED) is 0.664. The van der Waals surface area contributed by atoms with Gasteiger partial charge < -0.3 is 0 Å². The van der Waals surface area contributed by atoms with Crippen molar-refractivity contribution in [2.75, 3.05) is 11.5 Å². The molecule has 0 aromatic heterocycles. The van der Waals surface area contributed by atoms with Gasteiger partial charge in [0.05, 0.1) is 23.6 Å². The van der Waals surface area contributed by atoms with Gasteiger partial charge in [-0.25, -0.2) is 22.6 Å². The van der Waals surface area contributed by atoms with Gasteiger partial charge in [-0.1, -0.05) is 6.07 Å². The van der Waals surface area contributed by atoms with Crippen LogP contribution in [0.2, 0.25) is 0 Å². The van der Waals surface area contributed by atoms with Crippen molar-refractivity contribution in [3.63, 3.8) is 0 Å². The Kier molecular flexibility index (Phi) is 4.12. The number of carbonyl (C=O) groups excluding carboxylic acids is 1. The first-order valence-electron chi connectivity index (χ1n) is 5.86. The Balaban J connectivity index is 1.93. The van der Waals surface area contributed by atoms with E-state index in [0.29, 0.717) is 0 Å². The zero-order valence-corrected chi connectivity index (χ0v) is 11.2. The molecule has 0 aliphatic carbocycles. The van der Waals surface area contributed by atoms with E-state index < -0.39 is 33.3 Å². The molecule has 1 aliphatic rings. The smallest absolute Gasteiger partial charge is 0.244 e. The Labute approximate surface area is 114 Å². The maximum atomic E-state index is 12.9. The van der Waals surface area contributed by atoms with Crippen LogP contribution in [0, 0.1) is 17.6 Å². The number of hydrazone groups is 1. The molecule has 0 bridgehead atoms. The summed E-state index contributed by atoms with van der Waals surface area (Å²) in [7, 11) is -3.13. The van der Waals surface area contributed by atoms with E-state index in [9.17, 15) is 22.0 Å². The predicted molar refractivity (Wildman–Crippen MR) is 68.9 cm³/mol. The van der Waals surface area contributed by atoms with E-state index in [0.717, 1.165) is 18.3 Å². The maximum Gasteiger partial charge on any atom is 0.244 e. The fourth-order valence-corrected chi connectivity index (χ4v) is 3.60. The number of hydrogen-bond donors (Lipinski definition) is 1. The molecule has 1 heterocycles. The van der Waals surface area contributed by atoms with Crippen LogP contribution >= 0.6 is 0 Å². The zero-order valence-electron chi connectivity index (χ0n) is 10.3. The molecule has 0 unspecified atom stereocenters. The summed E-state index contributed by atoms with van der Waals surface area (Å²) in [5.41, 5.74) is 2.48. The molecule has 1 saturated heterocycles. The minimum Gasteiger partial charge on any atom is -0.273 e. The van der Waals surface area contributed by atoms with E-state index >= 15 is 0 Å². The van der Waals surface area contributed by atoms with Gasteiger partial charge >= 0.3 is 0 Å². The molecule has 1 aromatic carbocycles. The number of halogens is 2. The van der Waals surface area contributed by atoms with Crippen LogP contribution < -0.4 is 5.43 Å². The summed E-state index contributed by atoms with van der Waals surface area (Å²) in [5.74, 6) is -3.27. The summed E-state index contributed by atoms with van der Waals surface area (Å²) < 4.78 is 48.0. The lowest BCUT2D eigenvalue weighted by Crippen LogP contribution is -2.27. The summed E-state index contributed by atoms with van der Waals surface area (Å²) in [6, 6.07) is 3.18. The Morgan fingerprint density at radius 3 is 2.70 bits per heavy atom. The van der Waals surface area contributed by atoms with Gasteiger partial charge in [0.2, 0.25) is 5.91 Å². The van der Waals surface area contributed by atoms with Crippen LogP contribution in [-0.2, 0) is 14.6 Å². The highest BCUT2D eigenvalue weighted by molar-refractivity contribution is 7.91.